The van der Waals surface area contributed by atoms with Gasteiger partial charge >= 0.3 is 0 Å². The van der Waals surface area contributed by atoms with Crippen molar-refractivity contribution in [3.63, 3.8) is 0 Å². The van der Waals surface area contributed by atoms with Crippen LogP contribution >= 0.6 is 0 Å². The van der Waals surface area contributed by atoms with Gasteiger partial charge in [-0.3, -0.25) is 10.5 Å². The zero-order chi connectivity index (χ0) is 8.43. The van der Waals surface area contributed by atoms with E-state index in [1.807, 2.05) is 18.7 Å². The maximum atomic E-state index is 10.7. The second-order valence-electron chi connectivity index (χ2n) is 2.81. The molecule has 4 heteroatoms. The van der Waals surface area contributed by atoms with E-state index in [9.17, 15) is 4.79 Å². The first-order chi connectivity index (χ1) is 5.11. The lowest BCUT2D eigenvalue weighted by Crippen LogP contribution is -2.56. The van der Waals surface area contributed by atoms with E-state index in [2.05, 4.69) is 5.32 Å². The summed E-state index contributed by atoms with van der Waals surface area (Å²) >= 11 is 0. The molecule has 1 rings (SSSR count). The Bertz CT molecular complexity index is 188. The lowest BCUT2D eigenvalue weighted by Gasteiger charge is -2.33. The van der Waals surface area contributed by atoms with Crippen molar-refractivity contribution in [3.8, 4) is 0 Å². The summed E-state index contributed by atoms with van der Waals surface area (Å²) in [6.45, 7) is 4.03. The summed E-state index contributed by atoms with van der Waals surface area (Å²) in [6, 6.07) is 0.307. The van der Waals surface area contributed by atoms with Crippen LogP contribution in [-0.2, 0) is 4.79 Å². The minimum atomic E-state index is -0.382. The van der Waals surface area contributed by atoms with Gasteiger partial charge in [0.1, 0.15) is 0 Å². The Hall–Kier alpha value is -1.03. The second kappa shape index (κ2) is 2.92. The Morgan fingerprint density at radius 3 is 2.82 bits per heavy atom. The van der Waals surface area contributed by atoms with Crippen molar-refractivity contribution in [2.24, 2.45) is 5.73 Å². The molecule has 1 aliphatic heterocycles. The Morgan fingerprint density at radius 2 is 2.36 bits per heavy atom. The Balaban J connectivity index is 2.68. The highest BCUT2D eigenvalue weighted by atomic mass is 16.1. The predicted octanol–water partition coefficient (Wildman–Crippen LogP) is -0.417. The molecule has 62 valence electrons. The average molecular weight is 155 g/mol. The van der Waals surface area contributed by atoms with Crippen molar-refractivity contribution < 1.29 is 4.79 Å². The van der Waals surface area contributed by atoms with Crippen molar-refractivity contribution in [1.29, 1.82) is 0 Å². The van der Waals surface area contributed by atoms with Crippen molar-refractivity contribution in [1.82, 2.24) is 10.2 Å². The van der Waals surface area contributed by atoms with Crippen LogP contribution < -0.4 is 11.1 Å². The number of nitrogens with one attached hydrogen (secondary N) is 1. The van der Waals surface area contributed by atoms with E-state index in [-0.39, 0.29) is 12.2 Å². The zero-order valence-corrected chi connectivity index (χ0v) is 6.74. The van der Waals surface area contributed by atoms with E-state index in [1.54, 1.807) is 6.20 Å². The molecule has 0 fully saturated rings. The van der Waals surface area contributed by atoms with Crippen LogP contribution in [0.15, 0.2) is 12.3 Å². The molecule has 0 aromatic carbocycles. The van der Waals surface area contributed by atoms with Crippen molar-refractivity contribution in [2.75, 3.05) is 0 Å². The van der Waals surface area contributed by atoms with Gasteiger partial charge in [-0.2, -0.15) is 0 Å². The molecule has 0 saturated carbocycles. The molecule has 3 N–H and O–H groups in total. The van der Waals surface area contributed by atoms with Crippen LogP contribution in [0.25, 0.3) is 0 Å². The molecular weight excluding hydrogens is 142 g/mol. The van der Waals surface area contributed by atoms with Crippen LogP contribution in [0.2, 0.25) is 0 Å². The number of carbonyl (C=O) groups excluding carboxylic acids is 1. The van der Waals surface area contributed by atoms with Gasteiger partial charge in [0, 0.05) is 18.3 Å². The molecule has 11 heavy (non-hydrogen) atoms. The third-order valence-corrected chi connectivity index (χ3v) is 1.61. The third-order valence-electron chi connectivity index (χ3n) is 1.61. The van der Waals surface area contributed by atoms with E-state index < -0.39 is 0 Å². The van der Waals surface area contributed by atoms with Crippen LogP contribution in [-0.4, -0.2) is 23.1 Å². The smallest absolute Gasteiger partial charge is 0.248 e. The Morgan fingerprint density at radius 1 is 1.73 bits per heavy atom. The van der Waals surface area contributed by atoms with E-state index in [4.69, 9.17) is 5.73 Å². The van der Waals surface area contributed by atoms with Crippen LogP contribution in [0.3, 0.4) is 0 Å². The van der Waals surface area contributed by atoms with Gasteiger partial charge in [0.25, 0.3) is 0 Å². The summed E-state index contributed by atoms with van der Waals surface area (Å²) in [5, 5.41) is 2.59. The average Bonchev–Trinajstić information content (AvgIpc) is 1.85. The maximum Gasteiger partial charge on any atom is 0.248 e. The molecule has 0 saturated heterocycles. The number of rotatable bonds is 1. The van der Waals surface area contributed by atoms with Gasteiger partial charge in [0.05, 0.1) is 0 Å². The highest BCUT2D eigenvalue weighted by Gasteiger charge is 2.18. The SMILES string of the molecule is CC(C)N1C=CC(=O)NC1N. The van der Waals surface area contributed by atoms with Crippen molar-refractivity contribution in [3.05, 3.63) is 12.3 Å². The highest BCUT2D eigenvalue weighted by Crippen LogP contribution is 2.03. The van der Waals surface area contributed by atoms with E-state index in [0.717, 1.165) is 0 Å². The lowest BCUT2D eigenvalue weighted by atomic mass is 10.3. The molecule has 1 unspecified atom stereocenters. The predicted molar refractivity (Wildman–Crippen MR) is 42.2 cm³/mol. The minimum Gasteiger partial charge on any atom is -0.343 e. The van der Waals surface area contributed by atoms with Gasteiger partial charge in [-0.1, -0.05) is 0 Å². The fourth-order valence-electron chi connectivity index (χ4n) is 1.01. The van der Waals surface area contributed by atoms with Crippen molar-refractivity contribution in [2.45, 2.75) is 26.2 Å². The first-order valence-electron chi connectivity index (χ1n) is 3.63. The summed E-state index contributed by atoms with van der Waals surface area (Å²) in [5.74, 6) is -0.130. The summed E-state index contributed by atoms with van der Waals surface area (Å²) in [7, 11) is 0. The molecule has 1 atom stereocenters. The number of carbonyl (C=O) groups is 1. The monoisotopic (exact) mass is 155 g/mol. The second-order valence-corrected chi connectivity index (χ2v) is 2.81. The molecule has 0 radical (unpaired) electrons. The Labute approximate surface area is 66.0 Å². The zero-order valence-electron chi connectivity index (χ0n) is 6.74. The quantitative estimate of drug-likeness (QED) is 0.541. The first kappa shape index (κ1) is 8.07. The maximum absolute atomic E-state index is 10.7. The Kier molecular flexibility index (Phi) is 2.14. The van der Waals surface area contributed by atoms with E-state index in [0.29, 0.717) is 6.04 Å². The van der Waals surface area contributed by atoms with Crippen LogP contribution in [0.1, 0.15) is 13.8 Å². The first-order valence-corrected chi connectivity index (χ1v) is 3.63. The van der Waals surface area contributed by atoms with Crippen LogP contribution in [0.5, 0.6) is 0 Å². The molecule has 0 bridgehead atoms. The molecule has 1 aliphatic rings. The number of hydrogen-bond donors (Lipinski definition) is 2. The van der Waals surface area contributed by atoms with Gasteiger partial charge in [-0.05, 0) is 13.8 Å². The topological polar surface area (TPSA) is 58.4 Å². The largest absolute Gasteiger partial charge is 0.343 e. The van der Waals surface area contributed by atoms with E-state index in [1.165, 1.54) is 6.08 Å². The summed E-state index contributed by atoms with van der Waals surface area (Å²) < 4.78 is 0. The van der Waals surface area contributed by atoms with Gasteiger partial charge < -0.3 is 10.2 Å². The normalized spacial score (nSPS) is 24.2. The fraction of sp³-hybridized carbons (Fsp3) is 0.571. The molecule has 0 aromatic rings. The number of amides is 1. The highest BCUT2D eigenvalue weighted by molar-refractivity contribution is 5.88. The van der Waals surface area contributed by atoms with Crippen molar-refractivity contribution >= 4 is 5.91 Å². The molecule has 0 spiro atoms. The molecule has 1 heterocycles. The number of hydrogen-bond acceptors (Lipinski definition) is 3. The van der Waals surface area contributed by atoms with Gasteiger partial charge in [-0.15, -0.1) is 0 Å². The summed E-state index contributed by atoms with van der Waals surface area (Å²) in [5.41, 5.74) is 5.61. The third kappa shape index (κ3) is 1.71. The minimum absolute atomic E-state index is 0.130. The molecule has 4 nitrogen and oxygen atoms in total. The molecular formula is C7H13N3O. The molecule has 0 aliphatic carbocycles. The van der Waals surface area contributed by atoms with Gasteiger partial charge in [0.15, 0.2) is 6.29 Å². The van der Waals surface area contributed by atoms with E-state index >= 15 is 0 Å². The summed E-state index contributed by atoms with van der Waals surface area (Å²) in [6.07, 6.45) is 2.81. The number of nitrogens with zero attached hydrogens (tertiary/aromatic N) is 1. The fourth-order valence-corrected chi connectivity index (χ4v) is 1.01. The van der Waals surface area contributed by atoms with Gasteiger partial charge in [0.2, 0.25) is 5.91 Å². The molecule has 1 amide bonds. The van der Waals surface area contributed by atoms with Gasteiger partial charge in [-0.25, -0.2) is 0 Å². The van der Waals surface area contributed by atoms with Crippen LogP contribution in [0.4, 0.5) is 0 Å². The summed E-state index contributed by atoms with van der Waals surface area (Å²) in [4.78, 5) is 12.6. The standard InChI is InChI=1S/C7H13N3O/c1-5(2)10-4-3-6(11)9-7(10)8/h3-5,7H,8H2,1-2H3,(H,9,11). The molecule has 0 aromatic heterocycles. The number of nitrogens with two attached hydrogens (primary N) is 1. The lowest BCUT2D eigenvalue weighted by molar-refractivity contribution is -0.119. The van der Waals surface area contributed by atoms with Crippen LogP contribution in [0, 0.1) is 0 Å².